The van der Waals surface area contributed by atoms with E-state index in [2.05, 4.69) is 10.6 Å². The molecule has 1 aromatic carbocycles. The molecule has 130 valence electrons. The molecule has 0 saturated carbocycles. The lowest BCUT2D eigenvalue weighted by Gasteiger charge is -2.34. The fraction of sp³-hybridized carbons (Fsp3) is 0.278. The summed E-state index contributed by atoms with van der Waals surface area (Å²) in [5, 5.41) is 7.34. The highest BCUT2D eigenvalue weighted by Crippen LogP contribution is 2.18. The molecule has 1 fully saturated rings. The molecule has 2 heterocycles. The van der Waals surface area contributed by atoms with Crippen LogP contribution in [-0.4, -0.2) is 41.8 Å². The van der Waals surface area contributed by atoms with E-state index in [4.69, 9.17) is 0 Å². The molecule has 0 spiro atoms. The van der Waals surface area contributed by atoms with E-state index in [9.17, 15) is 14.4 Å². The molecule has 1 aliphatic heterocycles. The van der Waals surface area contributed by atoms with Crippen molar-refractivity contribution in [2.75, 3.05) is 18.4 Å². The lowest BCUT2D eigenvalue weighted by molar-refractivity contribution is -0.131. The number of anilines is 1. The summed E-state index contributed by atoms with van der Waals surface area (Å²) >= 11 is 1.33. The topological polar surface area (TPSA) is 78.5 Å². The van der Waals surface area contributed by atoms with Crippen molar-refractivity contribution in [3.05, 3.63) is 52.2 Å². The van der Waals surface area contributed by atoms with Gasteiger partial charge in [0.25, 0.3) is 5.91 Å². The van der Waals surface area contributed by atoms with E-state index in [1.54, 1.807) is 18.2 Å². The molecule has 0 unspecified atom stereocenters. The van der Waals surface area contributed by atoms with Gasteiger partial charge in [-0.15, -0.1) is 11.3 Å². The molecular formula is C18H19N3O3S. The third-order valence-corrected chi connectivity index (χ3v) is 4.86. The van der Waals surface area contributed by atoms with Gasteiger partial charge in [0.1, 0.15) is 6.04 Å². The minimum Gasteiger partial charge on any atom is -0.353 e. The van der Waals surface area contributed by atoms with Gasteiger partial charge < -0.3 is 15.5 Å². The molecule has 7 heteroatoms. The van der Waals surface area contributed by atoms with Crippen LogP contribution in [0.3, 0.4) is 0 Å². The monoisotopic (exact) mass is 357 g/mol. The molecule has 2 N–H and O–H groups in total. The van der Waals surface area contributed by atoms with Gasteiger partial charge >= 0.3 is 0 Å². The van der Waals surface area contributed by atoms with Crippen LogP contribution in [0.5, 0.6) is 0 Å². The van der Waals surface area contributed by atoms with Crippen LogP contribution in [0, 0.1) is 6.92 Å². The smallest absolute Gasteiger partial charge is 0.264 e. The minimum absolute atomic E-state index is 0.0725. The Balaban J connectivity index is 1.71. The molecule has 3 amide bonds. The average Bonchev–Trinajstić information content (AvgIpc) is 3.10. The fourth-order valence-electron chi connectivity index (χ4n) is 2.81. The zero-order valence-electron chi connectivity index (χ0n) is 13.8. The van der Waals surface area contributed by atoms with E-state index in [-0.39, 0.29) is 24.1 Å². The van der Waals surface area contributed by atoms with Crippen molar-refractivity contribution in [1.29, 1.82) is 0 Å². The van der Waals surface area contributed by atoms with Crippen LogP contribution >= 0.6 is 11.3 Å². The van der Waals surface area contributed by atoms with Crippen LogP contribution in [0.4, 0.5) is 5.69 Å². The molecular weight excluding hydrogens is 338 g/mol. The zero-order valence-corrected chi connectivity index (χ0v) is 14.6. The first-order valence-corrected chi connectivity index (χ1v) is 8.91. The van der Waals surface area contributed by atoms with E-state index >= 15 is 0 Å². The molecule has 6 nitrogen and oxygen atoms in total. The van der Waals surface area contributed by atoms with Gasteiger partial charge in [0.15, 0.2) is 0 Å². The number of nitrogens with zero attached hydrogens (tertiary/aromatic N) is 1. The van der Waals surface area contributed by atoms with E-state index < -0.39 is 6.04 Å². The van der Waals surface area contributed by atoms with Crippen molar-refractivity contribution >= 4 is 34.7 Å². The first-order chi connectivity index (χ1) is 12.0. The zero-order chi connectivity index (χ0) is 17.8. The number of nitrogens with one attached hydrogen (secondary N) is 2. The van der Waals surface area contributed by atoms with Gasteiger partial charge in [-0.2, -0.15) is 0 Å². The molecule has 1 atom stereocenters. The number of amides is 3. The summed E-state index contributed by atoms with van der Waals surface area (Å²) in [5.74, 6) is -0.801. The van der Waals surface area contributed by atoms with Crippen molar-refractivity contribution in [3.8, 4) is 0 Å². The average molecular weight is 357 g/mol. The predicted molar refractivity (Wildman–Crippen MR) is 96.6 cm³/mol. The Morgan fingerprint density at radius 2 is 2.16 bits per heavy atom. The van der Waals surface area contributed by atoms with Crippen molar-refractivity contribution < 1.29 is 14.4 Å². The third kappa shape index (κ3) is 4.06. The predicted octanol–water partition coefficient (Wildman–Crippen LogP) is 2.03. The highest BCUT2D eigenvalue weighted by Gasteiger charge is 2.35. The summed E-state index contributed by atoms with van der Waals surface area (Å²) < 4.78 is 0. The number of carbonyl (C=O) groups is 3. The molecule has 0 bridgehead atoms. The molecule has 3 rings (SSSR count). The van der Waals surface area contributed by atoms with Crippen LogP contribution in [0.1, 0.15) is 21.7 Å². The molecule has 25 heavy (non-hydrogen) atoms. The summed E-state index contributed by atoms with van der Waals surface area (Å²) in [4.78, 5) is 39.3. The van der Waals surface area contributed by atoms with Crippen LogP contribution in [0.25, 0.3) is 0 Å². The maximum Gasteiger partial charge on any atom is 0.264 e. The van der Waals surface area contributed by atoms with Crippen LogP contribution in [0.15, 0.2) is 41.8 Å². The van der Waals surface area contributed by atoms with E-state index in [1.165, 1.54) is 16.2 Å². The van der Waals surface area contributed by atoms with E-state index in [0.717, 1.165) is 5.56 Å². The Kier molecular flexibility index (Phi) is 5.14. The van der Waals surface area contributed by atoms with Gasteiger partial charge in [0.2, 0.25) is 11.8 Å². The molecule has 1 saturated heterocycles. The third-order valence-electron chi connectivity index (χ3n) is 4.00. The first kappa shape index (κ1) is 17.2. The molecule has 0 radical (unpaired) electrons. The molecule has 0 aliphatic carbocycles. The quantitative estimate of drug-likeness (QED) is 0.879. The summed E-state index contributed by atoms with van der Waals surface area (Å²) in [6.45, 7) is 2.72. The van der Waals surface area contributed by atoms with Gasteiger partial charge in [0, 0.05) is 18.8 Å². The Morgan fingerprint density at radius 3 is 2.88 bits per heavy atom. The van der Waals surface area contributed by atoms with Gasteiger partial charge in [-0.25, -0.2) is 0 Å². The SMILES string of the molecule is Cc1cccc(NC(=O)C[C@H]2C(=O)NCCN2C(=O)c2cccs2)c1. The van der Waals surface area contributed by atoms with Crippen molar-refractivity contribution in [1.82, 2.24) is 10.2 Å². The summed E-state index contributed by atoms with van der Waals surface area (Å²) in [6, 6.07) is 10.2. The van der Waals surface area contributed by atoms with Crippen molar-refractivity contribution in [3.63, 3.8) is 0 Å². The number of rotatable bonds is 4. The second-order valence-corrected chi connectivity index (χ2v) is 6.85. The number of carbonyl (C=O) groups excluding carboxylic acids is 3. The maximum atomic E-state index is 12.6. The van der Waals surface area contributed by atoms with Crippen molar-refractivity contribution in [2.45, 2.75) is 19.4 Å². The summed E-state index contributed by atoms with van der Waals surface area (Å²) in [6.07, 6.45) is -0.0725. The molecule has 1 aromatic heterocycles. The fourth-order valence-corrected chi connectivity index (χ4v) is 3.49. The van der Waals surface area contributed by atoms with Gasteiger partial charge in [0.05, 0.1) is 11.3 Å². The van der Waals surface area contributed by atoms with Gasteiger partial charge in [-0.1, -0.05) is 18.2 Å². The Hall–Kier alpha value is -2.67. The second kappa shape index (κ2) is 7.48. The number of hydrogen-bond donors (Lipinski definition) is 2. The lowest BCUT2D eigenvalue weighted by atomic mass is 10.1. The van der Waals surface area contributed by atoms with E-state index in [0.29, 0.717) is 23.7 Å². The normalized spacial score (nSPS) is 17.1. The van der Waals surface area contributed by atoms with Crippen LogP contribution in [-0.2, 0) is 9.59 Å². The molecule has 1 aliphatic rings. The Morgan fingerprint density at radius 1 is 1.32 bits per heavy atom. The number of benzene rings is 1. The highest BCUT2D eigenvalue weighted by atomic mass is 32.1. The number of aryl methyl sites for hydroxylation is 1. The van der Waals surface area contributed by atoms with Crippen LogP contribution in [0.2, 0.25) is 0 Å². The van der Waals surface area contributed by atoms with Gasteiger partial charge in [-0.3, -0.25) is 14.4 Å². The summed E-state index contributed by atoms with van der Waals surface area (Å²) in [7, 11) is 0. The highest BCUT2D eigenvalue weighted by molar-refractivity contribution is 7.12. The second-order valence-electron chi connectivity index (χ2n) is 5.90. The van der Waals surface area contributed by atoms with Crippen LogP contribution < -0.4 is 10.6 Å². The lowest BCUT2D eigenvalue weighted by Crippen LogP contribution is -2.58. The summed E-state index contributed by atoms with van der Waals surface area (Å²) in [5.41, 5.74) is 1.71. The Labute approximate surface area is 149 Å². The van der Waals surface area contributed by atoms with Crippen molar-refractivity contribution in [2.24, 2.45) is 0 Å². The minimum atomic E-state index is -0.798. The Bertz CT molecular complexity index is 789. The van der Waals surface area contributed by atoms with E-state index in [1.807, 2.05) is 30.5 Å². The number of hydrogen-bond acceptors (Lipinski definition) is 4. The molecule has 2 aromatic rings. The number of thiophene rings is 1. The number of piperazine rings is 1. The first-order valence-electron chi connectivity index (χ1n) is 8.03. The standard InChI is InChI=1S/C18H19N3O3S/c1-12-4-2-5-13(10-12)20-16(22)11-14-17(23)19-7-8-21(14)18(24)15-6-3-9-25-15/h2-6,9-10,14H,7-8,11H2,1H3,(H,19,23)(H,20,22)/t14-/m0/s1. The van der Waals surface area contributed by atoms with Gasteiger partial charge in [-0.05, 0) is 36.1 Å². The maximum absolute atomic E-state index is 12.6. The largest absolute Gasteiger partial charge is 0.353 e.